The zero-order valence-electron chi connectivity index (χ0n) is 9.65. The van der Waals surface area contributed by atoms with E-state index in [2.05, 4.69) is 10.3 Å². The molecule has 2 rings (SSSR count). The number of amides is 1. The summed E-state index contributed by atoms with van der Waals surface area (Å²) in [7, 11) is 0. The summed E-state index contributed by atoms with van der Waals surface area (Å²) in [6.07, 6.45) is 4.68. The first-order valence-corrected chi connectivity index (χ1v) is 6.17. The Morgan fingerprint density at radius 3 is 3.00 bits per heavy atom. The molecule has 2 aromatic heterocycles. The third-order valence-electron chi connectivity index (χ3n) is 2.49. The van der Waals surface area contributed by atoms with Crippen LogP contribution in [0.2, 0.25) is 0 Å². The Morgan fingerprint density at radius 2 is 2.38 bits per heavy atom. The third kappa shape index (κ3) is 2.09. The first kappa shape index (κ1) is 11.1. The minimum atomic E-state index is -0.0945. The van der Waals surface area contributed by atoms with Crippen molar-refractivity contribution in [1.29, 1.82) is 0 Å². The van der Waals surface area contributed by atoms with Crippen molar-refractivity contribution in [1.82, 2.24) is 14.7 Å². The molecule has 0 aliphatic rings. The van der Waals surface area contributed by atoms with Gasteiger partial charge in [-0.2, -0.15) is 0 Å². The standard InChI is InChI=1S/C11H15N3OS/c1-4-7(2)12-10(15)9-6-14-5-8(3)16-11(14)13-9/h5-7H,4H2,1-3H3,(H,12,15). The fourth-order valence-electron chi connectivity index (χ4n) is 1.42. The predicted molar refractivity (Wildman–Crippen MR) is 65.0 cm³/mol. The van der Waals surface area contributed by atoms with Crippen molar-refractivity contribution in [3.63, 3.8) is 0 Å². The average Bonchev–Trinajstić information content (AvgIpc) is 2.74. The third-order valence-corrected chi connectivity index (χ3v) is 3.41. The molecule has 16 heavy (non-hydrogen) atoms. The fourth-order valence-corrected chi connectivity index (χ4v) is 2.23. The Kier molecular flexibility index (Phi) is 2.96. The van der Waals surface area contributed by atoms with Crippen molar-refractivity contribution in [2.75, 3.05) is 0 Å². The Bertz CT molecular complexity index is 483. The van der Waals surface area contributed by atoms with Gasteiger partial charge in [-0.15, -0.1) is 11.3 Å². The quantitative estimate of drug-likeness (QED) is 0.889. The van der Waals surface area contributed by atoms with Crippen LogP contribution < -0.4 is 5.32 Å². The second-order valence-electron chi connectivity index (χ2n) is 3.94. The minimum absolute atomic E-state index is 0.0945. The first-order chi connectivity index (χ1) is 7.60. The summed E-state index contributed by atoms with van der Waals surface area (Å²) in [6.45, 7) is 6.05. The average molecular weight is 237 g/mol. The molecule has 4 nitrogen and oxygen atoms in total. The van der Waals surface area contributed by atoms with Gasteiger partial charge in [-0.05, 0) is 20.3 Å². The molecule has 0 bridgehead atoms. The number of hydrogen-bond acceptors (Lipinski definition) is 3. The smallest absolute Gasteiger partial charge is 0.271 e. The molecule has 1 N–H and O–H groups in total. The molecular formula is C11H15N3OS. The number of carbonyl (C=O) groups is 1. The Balaban J connectivity index is 2.20. The molecule has 0 radical (unpaired) electrons. The number of imidazole rings is 1. The van der Waals surface area contributed by atoms with E-state index in [4.69, 9.17) is 0 Å². The molecular weight excluding hydrogens is 222 g/mol. The molecule has 0 saturated heterocycles. The molecule has 86 valence electrons. The number of carbonyl (C=O) groups excluding carboxylic acids is 1. The highest BCUT2D eigenvalue weighted by Crippen LogP contribution is 2.16. The van der Waals surface area contributed by atoms with E-state index in [1.807, 2.05) is 31.4 Å². The second kappa shape index (κ2) is 4.25. The summed E-state index contributed by atoms with van der Waals surface area (Å²) >= 11 is 1.59. The van der Waals surface area contributed by atoms with Crippen LogP contribution in [0.3, 0.4) is 0 Å². The number of fused-ring (bicyclic) bond motifs is 1. The zero-order chi connectivity index (χ0) is 11.7. The number of hydrogen-bond donors (Lipinski definition) is 1. The number of thiazole rings is 1. The zero-order valence-corrected chi connectivity index (χ0v) is 10.5. The van der Waals surface area contributed by atoms with Gasteiger partial charge >= 0.3 is 0 Å². The summed E-state index contributed by atoms with van der Waals surface area (Å²) in [5, 5.41) is 2.90. The van der Waals surface area contributed by atoms with Crippen molar-refractivity contribution >= 4 is 22.2 Å². The Hall–Kier alpha value is -1.36. The van der Waals surface area contributed by atoms with Gasteiger partial charge in [0.15, 0.2) is 4.96 Å². The van der Waals surface area contributed by atoms with Gasteiger partial charge in [0, 0.05) is 23.3 Å². The van der Waals surface area contributed by atoms with Crippen LogP contribution in [0.25, 0.3) is 4.96 Å². The predicted octanol–water partition coefficient (Wildman–Crippen LogP) is 2.23. The lowest BCUT2D eigenvalue weighted by molar-refractivity contribution is 0.0935. The van der Waals surface area contributed by atoms with Crippen LogP contribution in [0.15, 0.2) is 12.4 Å². The van der Waals surface area contributed by atoms with E-state index in [0.717, 1.165) is 11.4 Å². The molecule has 1 atom stereocenters. The normalized spacial score (nSPS) is 12.9. The van der Waals surface area contributed by atoms with Crippen molar-refractivity contribution in [2.24, 2.45) is 0 Å². The number of rotatable bonds is 3. The molecule has 5 heteroatoms. The molecule has 1 unspecified atom stereocenters. The summed E-state index contributed by atoms with van der Waals surface area (Å²) in [5.74, 6) is -0.0945. The molecule has 0 aliphatic heterocycles. The van der Waals surface area contributed by atoms with Crippen LogP contribution in [0.4, 0.5) is 0 Å². The Labute approximate surface area is 98.3 Å². The molecule has 1 amide bonds. The van der Waals surface area contributed by atoms with Crippen LogP contribution >= 0.6 is 11.3 Å². The van der Waals surface area contributed by atoms with E-state index in [9.17, 15) is 4.79 Å². The highest BCUT2D eigenvalue weighted by molar-refractivity contribution is 7.17. The summed E-state index contributed by atoms with van der Waals surface area (Å²) in [5.41, 5.74) is 0.492. The van der Waals surface area contributed by atoms with Crippen LogP contribution in [0.5, 0.6) is 0 Å². The van der Waals surface area contributed by atoms with E-state index in [-0.39, 0.29) is 11.9 Å². The van der Waals surface area contributed by atoms with Crippen molar-refractivity contribution in [3.8, 4) is 0 Å². The summed E-state index contributed by atoms with van der Waals surface area (Å²) in [4.78, 5) is 18.1. The Morgan fingerprint density at radius 1 is 1.62 bits per heavy atom. The van der Waals surface area contributed by atoms with Crippen molar-refractivity contribution in [2.45, 2.75) is 33.2 Å². The minimum Gasteiger partial charge on any atom is -0.348 e. The van der Waals surface area contributed by atoms with Gasteiger partial charge in [-0.1, -0.05) is 6.92 Å². The molecule has 0 spiro atoms. The lowest BCUT2D eigenvalue weighted by Crippen LogP contribution is -2.32. The lowest BCUT2D eigenvalue weighted by atomic mass is 10.2. The van der Waals surface area contributed by atoms with Gasteiger partial charge in [-0.3, -0.25) is 9.20 Å². The van der Waals surface area contributed by atoms with Gasteiger partial charge in [-0.25, -0.2) is 4.98 Å². The van der Waals surface area contributed by atoms with Gasteiger partial charge < -0.3 is 5.32 Å². The maximum absolute atomic E-state index is 11.8. The maximum atomic E-state index is 11.8. The molecule has 2 heterocycles. The van der Waals surface area contributed by atoms with E-state index in [1.54, 1.807) is 17.5 Å². The molecule has 0 aliphatic carbocycles. The van der Waals surface area contributed by atoms with Crippen LogP contribution in [0.1, 0.15) is 35.6 Å². The van der Waals surface area contributed by atoms with Crippen LogP contribution in [-0.2, 0) is 0 Å². The molecule has 2 aromatic rings. The fraction of sp³-hybridized carbons (Fsp3) is 0.455. The number of nitrogens with zero attached hydrogens (tertiary/aromatic N) is 2. The number of aryl methyl sites for hydroxylation is 1. The largest absolute Gasteiger partial charge is 0.348 e. The van der Waals surface area contributed by atoms with Crippen molar-refractivity contribution < 1.29 is 4.79 Å². The first-order valence-electron chi connectivity index (χ1n) is 5.36. The molecule has 0 saturated carbocycles. The SMILES string of the molecule is CCC(C)NC(=O)c1cn2cc(C)sc2n1. The molecule has 0 aromatic carbocycles. The van der Waals surface area contributed by atoms with Gasteiger partial charge in [0.1, 0.15) is 5.69 Å². The van der Waals surface area contributed by atoms with E-state index in [0.29, 0.717) is 5.69 Å². The van der Waals surface area contributed by atoms with Crippen LogP contribution in [-0.4, -0.2) is 21.3 Å². The van der Waals surface area contributed by atoms with Gasteiger partial charge in [0.2, 0.25) is 0 Å². The maximum Gasteiger partial charge on any atom is 0.271 e. The number of nitrogens with one attached hydrogen (secondary N) is 1. The summed E-state index contributed by atoms with van der Waals surface area (Å²) < 4.78 is 1.89. The monoisotopic (exact) mass is 237 g/mol. The lowest BCUT2D eigenvalue weighted by Gasteiger charge is -2.09. The van der Waals surface area contributed by atoms with E-state index in [1.165, 1.54) is 4.88 Å². The van der Waals surface area contributed by atoms with Crippen LogP contribution in [0, 0.1) is 6.92 Å². The highest BCUT2D eigenvalue weighted by Gasteiger charge is 2.13. The summed E-state index contributed by atoms with van der Waals surface area (Å²) in [6, 6.07) is 0.189. The van der Waals surface area contributed by atoms with E-state index >= 15 is 0 Å². The van der Waals surface area contributed by atoms with Crippen molar-refractivity contribution in [3.05, 3.63) is 23.0 Å². The van der Waals surface area contributed by atoms with E-state index < -0.39 is 0 Å². The van der Waals surface area contributed by atoms with Gasteiger partial charge in [0.05, 0.1) is 0 Å². The molecule has 0 fully saturated rings. The topological polar surface area (TPSA) is 46.4 Å². The number of aromatic nitrogens is 2. The highest BCUT2D eigenvalue weighted by atomic mass is 32.1. The van der Waals surface area contributed by atoms with Gasteiger partial charge in [0.25, 0.3) is 5.91 Å². The second-order valence-corrected chi connectivity index (χ2v) is 5.15.